The van der Waals surface area contributed by atoms with Crippen LogP contribution in [0.4, 0.5) is 0 Å². The van der Waals surface area contributed by atoms with E-state index in [1.54, 1.807) is 18.4 Å². The molecule has 2 heterocycles. The van der Waals surface area contributed by atoms with E-state index >= 15 is 0 Å². The van der Waals surface area contributed by atoms with E-state index in [-0.39, 0.29) is 5.91 Å². The molecule has 6 heteroatoms. The van der Waals surface area contributed by atoms with Crippen LogP contribution in [0, 0.1) is 5.92 Å². The number of nitrogens with one attached hydrogen (secondary N) is 1. The molecule has 1 aliphatic heterocycles. The summed E-state index contributed by atoms with van der Waals surface area (Å²) in [4.78, 5) is 21.2. The van der Waals surface area contributed by atoms with Crippen LogP contribution in [-0.2, 0) is 0 Å². The van der Waals surface area contributed by atoms with E-state index in [9.17, 15) is 4.79 Å². The molecule has 0 bridgehead atoms. The molecule has 2 aliphatic rings. The second-order valence-electron chi connectivity index (χ2n) is 6.58. The Balaban J connectivity index is 1.48. The molecule has 2 fully saturated rings. The van der Waals surface area contributed by atoms with Crippen LogP contribution < -0.4 is 5.32 Å². The molecular formula is C18H28N4O2. The maximum absolute atomic E-state index is 12.3. The monoisotopic (exact) mass is 332 g/mol. The number of carbonyl (C=O) groups is 1. The molecule has 1 saturated carbocycles. The molecule has 1 amide bonds. The molecule has 0 radical (unpaired) electrons. The predicted octanol–water partition coefficient (Wildman–Crippen LogP) is 2.19. The highest BCUT2D eigenvalue weighted by Crippen LogP contribution is 2.33. The molecule has 6 nitrogen and oxygen atoms in total. The molecule has 1 saturated heterocycles. The molecule has 24 heavy (non-hydrogen) atoms. The van der Waals surface area contributed by atoms with E-state index in [0.29, 0.717) is 18.8 Å². The first-order chi connectivity index (χ1) is 11.8. The van der Waals surface area contributed by atoms with Crippen molar-refractivity contribution >= 4 is 11.9 Å². The lowest BCUT2D eigenvalue weighted by Gasteiger charge is -2.36. The van der Waals surface area contributed by atoms with Crippen LogP contribution in [0.15, 0.2) is 27.8 Å². The topological polar surface area (TPSA) is 61.1 Å². The van der Waals surface area contributed by atoms with Gasteiger partial charge in [0.2, 0.25) is 0 Å². The second kappa shape index (κ2) is 8.22. The highest BCUT2D eigenvalue weighted by molar-refractivity contribution is 5.91. The number of guanidine groups is 1. The average Bonchev–Trinajstić information content (AvgIpc) is 3.27. The van der Waals surface area contributed by atoms with Gasteiger partial charge in [-0.3, -0.25) is 9.79 Å². The molecule has 0 aromatic carbocycles. The number of hydrogen-bond donors (Lipinski definition) is 1. The molecule has 0 atom stereocenters. The Labute approximate surface area is 143 Å². The maximum Gasteiger partial charge on any atom is 0.289 e. The third-order valence-corrected chi connectivity index (χ3v) is 4.66. The predicted molar refractivity (Wildman–Crippen MR) is 94.1 cm³/mol. The highest BCUT2D eigenvalue weighted by atomic mass is 16.3. The lowest BCUT2D eigenvalue weighted by atomic mass is 10.2. The van der Waals surface area contributed by atoms with Gasteiger partial charge in [-0.2, -0.15) is 0 Å². The van der Waals surface area contributed by atoms with Gasteiger partial charge in [0.05, 0.1) is 6.26 Å². The Kier molecular flexibility index (Phi) is 5.77. The third-order valence-electron chi connectivity index (χ3n) is 4.66. The van der Waals surface area contributed by atoms with Crippen molar-refractivity contribution < 1.29 is 9.21 Å². The van der Waals surface area contributed by atoms with Gasteiger partial charge in [0, 0.05) is 39.3 Å². The average molecular weight is 332 g/mol. The van der Waals surface area contributed by atoms with Gasteiger partial charge in [-0.15, -0.1) is 0 Å². The number of piperazine rings is 1. The number of rotatable bonds is 6. The van der Waals surface area contributed by atoms with E-state index in [2.05, 4.69) is 17.1 Å². The zero-order valence-corrected chi connectivity index (χ0v) is 14.5. The minimum absolute atomic E-state index is 0.0222. The number of nitrogens with zero attached hydrogens (tertiary/aromatic N) is 3. The largest absolute Gasteiger partial charge is 0.459 e. The van der Waals surface area contributed by atoms with Crippen molar-refractivity contribution in [2.75, 3.05) is 39.3 Å². The normalized spacial score (nSPS) is 18.8. The quantitative estimate of drug-likeness (QED) is 0.493. The first-order valence-corrected chi connectivity index (χ1v) is 9.14. The highest BCUT2D eigenvalue weighted by Gasteiger charge is 2.25. The number of hydrogen-bond acceptors (Lipinski definition) is 3. The van der Waals surface area contributed by atoms with Crippen LogP contribution >= 0.6 is 0 Å². The Hall–Kier alpha value is -1.98. The minimum Gasteiger partial charge on any atom is -0.459 e. The summed E-state index contributed by atoms with van der Waals surface area (Å²) in [5.41, 5.74) is 0. The second-order valence-corrected chi connectivity index (χ2v) is 6.58. The number of aliphatic imine (C=N–C) groups is 1. The van der Waals surface area contributed by atoms with Gasteiger partial charge in [-0.25, -0.2) is 0 Å². The molecule has 132 valence electrons. The van der Waals surface area contributed by atoms with Crippen LogP contribution in [0.2, 0.25) is 0 Å². The maximum atomic E-state index is 12.3. The Morgan fingerprint density at radius 1 is 1.29 bits per heavy atom. The fourth-order valence-corrected chi connectivity index (χ4v) is 3.07. The molecule has 1 aromatic heterocycles. The summed E-state index contributed by atoms with van der Waals surface area (Å²) < 4.78 is 5.21. The zero-order valence-electron chi connectivity index (χ0n) is 14.5. The fraction of sp³-hybridized carbons (Fsp3) is 0.667. The fourth-order valence-electron chi connectivity index (χ4n) is 3.07. The van der Waals surface area contributed by atoms with Crippen molar-refractivity contribution in [3.63, 3.8) is 0 Å². The van der Waals surface area contributed by atoms with Crippen LogP contribution in [0.25, 0.3) is 0 Å². The summed E-state index contributed by atoms with van der Waals surface area (Å²) in [5.74, 6) is 2.35. The zero-order chi connectivity index (χ0) is 16.8. The Morgan fingerprint density at radius 2 is 2.04 bits per heavy atom. The van der Waals surface area contributed by atoms with Gasteiger partial charge in [0.1, 0.15) is 0 Å². The lowest BCUT2D eigenvalue weighted by molar-refractivity contribution is 0.0657. The van der Waals surface area contributed by atoms with Crippen molar-refractivity contribution in [3.8, 4) is 0 Å². The minimum atomic E-state index is -0.0222. The van der Waals surface area contributed by atoms with Gasteiger partial charge in [-0.1, -0.05) is 12.8 Å². The molecule has 1 aliphatic carbocycles. The molecule has 1 N–H and O–H groups in total. The summed E-state index contributed by atoms with van der Waals surface area (Å²) in [5, 5.41) is 3.38. The summed E-state index contributed by atoms with van der Waals surface area (Å²) >= 11 is 0. The summed E-state index contributed by atoms with van der Waals surface area (Å²) in [6, 6.07) is 3.47. The van der Waals surface area contributed by atoms with Crippen LogP contribution in [0.3, 0.4) is 0 Å². The van der Waals surface area contributed by atoms with Crippen molar-refractivity contribution in [2.24, 2.45) is 10.9 Å². The van der Waals surface area contributed by atoms with E-state index in [1.807, 2.05) is 4.90 Å². The van der Waals surface area contributed by atoms with Gasteiger partial charge >= 0.3 is 0 Å². The molecule has 3 rings (SSSR count). The summed E-state index contributed by atoms with van der Waals surface area (Å²) in [6.07, 6.45) is 6.86. The number of furan rings is 1. The van der Waals surface area contributed by atoms with Gasteiger partial charge < -0.3 is 19.5 Å². The summed E-state index contributed by atoms with van der Waals surface area (Å²) in [7, 11) is 0. The van der Waals surface area contributed by atoms with Gasteiger partial charge in [0.15, 0.2) is 11.7 Å². The first kappa shape index (κ1) is 16.9. The van der Waals surface area contributed by atoms with Crippen LogP contribution in [0.1, 0.15) is 43.2 Å². The first-order valence-electron chi connectivity index (χ1n) is 9.14. The van der Waals surface area contributed by atoms with Crippen LogP contribution in [-0.4, -0.2) is 60.9 Å². The van der Waals surface area contributed by atoms with E-state index in [1.165, 1.54) is 25.7 Å². The molecular weight excluding hydrogens is 304 g/mol. The van der Waals surface area contributed by atoms with E-state index < -0.39 is 0 Å². The molecule has 1 aromatic rings. The Morgan fingerprint density at radius 3 is 2.67 bits per heavy atom. The Bertz CT molecular complexity index is 543. The van der Waals surface area contributed by atoms with Crippen molar-refractivity contribution in [3.05, 3.63) is 24.2 Å². The van der Waals surface area contributed by atoms with Crippen molar-refractivity contribution in [1.82, 2.24) is 15.1 Å². The smallest absolute Gasteiger partial charge is 0.289 e. The van der Waals surface area contributed by atoms with E-state index in [0.717, 1.165) is 38.1 Å². The van der Waals surface area contributed by atoms with Crippen molar-refractivity contribution in [1.29, 1.82) is 0 Å². The van der Waals surface area contributed by atoms with Gasteiger partial charge in [0.25, 0.3) is 5.91 Å². The standard InChI is InChI=1S/C18H28N4O2/c1-2-19-18(20-9-3-5-15-7-8-15)22-12-10-21(11-13-22)17(23)16-6-4-14-24-16/h4,6,14-15H,2-3,5,7-13H2,1H3,(H,19,20). The van der Waals surface area contributed by atoms with Crippen molar-refractivity contribution in [2.45, 2.75) is 32.6 Å². The lowest BCUT2D eigenvalue weighted by Crippen LogP contribution is -2.53. The number of carbonyl (C=O) groups excluding carboxylic acids is 1. The SMILES string of the molecule is CCNC(=NCCCC1CC1)N1CCN(C(=O)c2ccco2)CC1. The van der Waals surface area contributed by atoms with Crippen LogP contribution in [0.5, 0.6) is 0 Å². The summed E-state index contributed by atoms with van der Waals surface area (Å²) in [6.45, 7) is 6.87. The molecule has 0 spiro atoms. The van der Waals surface area contributed by atoms with Gasteiger partial charge in [-0.05, 0) is 37.8 Å². The van der Waals surface area contributed by atoms with E-state index in [4.69, 9.17) is 9.41 Å². The number of amides is 1. The third kappa shape index (κ3) is 4.52. The molecule has 0 unspecified atom stereocenters.